The Labute approximate surface area is 203 Å². The lowest BCUT2D eigenvalue weighted by molar-refractivity contribution is 0.454. The standard InChI is InChI=1S/C30H21BN2O2/c34-31-35-24-15-11-20(12-16-24)26-19-28(22-9-5-2-6-10-22)33-30-25(26)17-13-23-14-18-27(32-29(23)30)21-7-3-1-4-8-21/h1-19,31,34H. The topological polar surface area (TPSA) is 55.2 Å². The second-order valence-electron chi connectivity index (χ2n) is 8.31. The first-order chi connectivity index (χ1) is 17.3. The van der Waals surface area contributed by atoms with Crippen molar-refractivity contribution >= 4 is 29.5 Å². The maximum atomic E-state index is 9.08. The predicted octanol–water partition coefficient (Wildman–Crippen LogP) is 6.42. The van der Waals surface area contributed by atoms with Crippen LogP contribution in [0.2, 0.25) is 0 Å². The number of aromatic nitrogens is 2. The van der Waals surface area contributed by atoms with Gasteiger partial charge in [-0.2, -0.15) is 0 Å². The van der Waals surface area contributed by atoms with E-state index in [0.29, 0.717) is 5.75 Å². The molecule has 0 bridgehead atoms. The van der Waals surface area contributed by atoms with E-state index in [-0.39, 0.29) is 7.69 Å². The zero-order valence-corrected chi connectivity index (χ0v) is 18.9. The van der Waals surface area contributed by atoms with Crippen LogP contribution in [0.1, 0.15) is 0 Å². The molecule has 0 saturated heterocycles. The normalized spacial score (nSPS) is 11.0. The molecule has 0 saturated carbocycles. The van der Waals surface area contributed by atoms with Crippen LogP contribution >= 0.6 is 0 Å². The van der Waals surface area contributed by atoms with E-state index in [1.54, 1.807) is 0 Å². The quantitative estimate of drug-likeness (QED) is 0.242. The second-order valence-corrected chi connectivity index (χ2v) is 8.31. The number of benzene rings is 4. The highest BCUT2D eigenvalue weighted by molar-refractivity contribution is 6.17. The van der Waals surface area contributed by atoms with Crippen LogP contribution in [0.25, 0.3) is 55.4 Å². The van der Waals surface area contributed by atoms with Crippen molar-refractivity contribution < 1.29 is 9.68 Å². The van der Waals surface area contributed by atoms with Gasteiger partial charge in [-0.25, -0.2) is 9.97 Å². The Morgan fingerprint density at radius 3 is 1.89 bits per heavy atom. The first-order valence-electron chi connectivity index (χ1n) is 11.5. The molecule has 0 atom stereocenters. The Morgan fingerprint density at radius 2 is 1.20 bits per heavy atom. The Bertz CT molecular complexity index is 1640. The summed E-state index contributed by atoms with van der Waals surface area (Å²) < 4.78 is 5.22. The molecule has 6 rings (SSSR count). The fourth-order valence-corrected chi connectivity index (χ4v) is 4.44. The molecular formula is C30H21BN2O2. The molecule has 0 unspecified atom stereocenters. The van der Waals surface area contributed by atoms with Crippen LogP contribution < -0.4 is 4.65 Å². The van der Waals surface area contributed by atoms with Crippen LogP contribution in [-0.2, 0) is 0 Å². The number of rotatable bonds is 5. The molecule has 0 radical (unpaired) electrons. The molecule has 166 valence electrons. The van der Waals surface area contributed by atoms with Crippen molar-refractivity contribution in [2.75, 3.05) is 0 Å². The molecule has 0 aliphatic heterocycles. The SMILES string of the molecule is OBOc1ccc(-c2cc(-c3ccccc3)nc3c2ccc2ccc(-c4ccccc4)nc23)cc1. The van der Waals surface area contributed by atoms with Gasteiger partial charge in [0, 0.05) is 21.9 Å². The highest BCUT2D eigenvalue weighted by Gasteiger charge is 2.14. The zero-order valence-electron chi connectivity index (χ0n) is 18.9. The molecule has 1 N–H and O–H groups in total. The molecule has 2 aromatic heterocycles. The van der Waals surface area contributed by atoms with E-state index >= 15 is 0 Å². The second kappa shape index (κ2) is 9.05. The Morgan fingerprint density at radius 1 is 0.571 bits per heavy atom. The zero-order chi connectivity index (χ0) is 23.6. The maximum absolute atomic E-state index is 9.08. The monoisotopic (exact) mass is 452 g/mol. The van der Waals surface area contributed by atoms with E-state index in [1.165, 1.54) is 0 Å². The summed E-state index contributed by atoms with van der Waals surface area (Å²) in [5.74, 6) is 0.623. The third-order valence-electron chi connectivity index (χ3n) is 6.17. The minimum absolute atomic E-state index is 0.350. The van der Waals surface area contributed by atoms with Crippen LogP contribution in [-0.4, -0.2) is 22.7 Å². The van der Waals surface area contributed by atoms with Gasteiger partial charge in [0.2, 0.25) is 0 Å². The Hall–Kier alpha value is -4.48. The molecule has 5 heteroatoms. The third kappa shape index (κ3) is 4.03. The summed E-state index contributed by atoms with van der Waals surface area (Å²) in [5.41, 5.74) is 7.79. The highest BCUT2D eigenvalue weighted by Crippen LogP contribution is 2.36. The number of hydrogen-bond donors (Lipinski definition) is 1. The van der Waals surface area contributed by atoms with Gasteiger partial charge >= 0.3 is 7.69 Å². The van der Waals surface area contributed by atoms with Crippen molar-refractivity contribution in [2.24, 2.45) is 0 Å². The maximum Gasteiger partial charge on any atom is 0.504 e. The van der Waals surface area contributed by atoms with Gasteiger partial charge in [-0.1, -0.05) is 91.0 Å². The van der Waals surface area contributed by atoms with Gasteiger partial charge < -0.3 is 9.68 Å². The van der Waals surface area contributed by atoms with Gasteiger partial charge in [0.1, 0.15) is 5.75 Å². The van der Waals surface area contributed by atoms with E-state index in [0.717, 1.165) is 55.4 Å². The molecule has 0 spiro atoms. The molecule has 4 aromatic carbocycles. The minimum Gasteiger partial charge on any atom is -0.539 e. The van der Waals surface area contributed by atoms with E-state index in [2.05, 4.69) is 54.6 Å². The number of hydrogen-bond acceptors (Lipinski definition) is 4. The fourth-order valence-electron chi connectivity index (χ4n) is 4.44. The molecule has 4 nitrogen and oxygen atoms in total. The van der Waals surface area contributed by atoms with Gasteiger partial charge in [-0.3, -0.25) is 0 Å². The molecule has 35 heavy (non-hydrogen) atoms. The molecule has 0 amide bonds. The number of nitrogens with zero attached hydrogens (tertiary/aromatic N) is 2. The lowest BCUT2D eigenvalue weighted by atomic mass is 9.96. The van der Waals surface area contributed by atoms with Crippen molar-refractivity contribution in [3.8, 4) is 39.4 Å². The van der Waals surface area contributed by atoms with Gasteiger partial charge in [0.05, 0.1) is 22.4 Å². The molecule has 0 fully saturated rings. The summed E-state index contributed by atoms with van der Waals surface area (Å²) in [6.07, 6.45) is 0. The lowest BCUT2D eigenvalue weighted by Gasteiger charge is -2.13. The van der Waals surface area contributed by atoms with Gasteiger partial charge in [0.25, 0.3) is 0 Å². The van der Waals surface area contributed by atoms with Crippen LogP contribution in [0.15, 0.2) is 115 Å². The van der Waals surface area contributed by atoms with Gasteiger partial charge in [-0.15, -0.1) is 0 Å². The Balaban J connectivity index is 1.63. The van der Waals surface area contributed by atoms with Crippen LogP contribution in [0.4, 0.5) is 0 Å². The largest absolute Gasteiger partial charge is 0.539 e. The summed E-state index contributed by atoms with van der Waals surface area (Å²) in [6, 6.07) is 38.7. The summed E-state index contributed by atoms with van der Waals surface area (Å²) in [5, 5.41) is 11.2. The van der Waals surface area contributed by atoms with Crippen molar-refractivity contribution in [3.63, 3.8) is 0 Å². The Kier molecular flexibility index (Phi) is 5.45. The van der Waals surface area contributed by atoms with Crippen molar-refractivity contribution in [3.05, 3.63) is 115 Å². The van der Waals surface area contributed by atoms with Crippen LogP contribution in [0.5, 0.6) is 5.75 Å². The van der Waals surface area contributed by atoms with E-state index in [9.17, 15) is 0 Å². The number of fused-ring (bicyclic) bond motifs is 3. The molecule has 0 aliphatic carbocycles. The summed E-state index contributed by atoms with van der Waals surface area (Å²) in [6.45, 7) is 0. The summed E-state index contributed by atoms with van der Waals surface area (Å²) in [4.78, 5) is 10.2. The average molecular weight is 452 g/mol. The van der Waals surface area contributed by atoms with E-state index in [4.69, 9.17) is 19.6 Å². The first-order valence-corrected chi connectivity index (χ1v) is 11.5. The molecule has 2 heterocycles. The van der Waals surface area contributed by atoms with Crippen molar-refractivity contribution in [2.45, 2.75) is 0 Å². The molecular weight excluding hydrogens is 431 g/mol. The van der Waals surface area contributed by atoms with Gasteiger partial charge in [0.15, 0.2) is 0 Å². The first kappa shape index (κ1) is 21.1. The lowest BCUT2D eigenvalue weighted by Crippen LogP contribution is -1.99. The van der Waals surface area contributed by atoms with Crippen LogP contribution in [0.3, 0.4) is 0 Å². The van der Waals surface area contributed by atoms with Crippen LogP contribution in [0, 0.1) is 0 Å². The minimum atomic E-state index is -0.350. The highest BCUT2D eigenvalue weighted by atomic mass is 16.5. The fraction of sp³-hybridized carbons (Fsp3) is 0. The molecule has 6 aromatic rings. The summed E-state index contributed by atoms with van der Waals surface area (Å²) >= 11 is 0. The van der Waals surface area contributed by atoms with E-state index < -0.39 is 0 Å². The van der Waals surface area contributed by atoms with Crippen molar-refractivity contribution in [1.29, 1.82) is 0 Å². The van der Waals surface area contributed by atoms with E-state index in [1.807, 2.05) is 60.7 Å². The van der Waals surface area contributed by atoms with Crippen molar-refractivity contribution in [1.82, 2.24) is 9.97 Å². The third-order valence-corrected chi connectivity index (χ3v) is 6.17. The predicted molar refractivity (Wildman–Crippen MR) is 143 cm³/mol. The summed E-state index contributed by atoms with van der Waals surface area (Å²) in [7, 11) is -0.350. The molecule has 0 aliphatic rings. The van der Waals surface area contributed by atoms with Gasteiger partial charge in [-0.05, 0) is 35.4 Å². The number of pyridine rings is 2. The average Bonchev–Trinajstić information content (AvgIpc) is 2.93. The smallest absolute Gasteiger partial charge is 0.504 e.